The molecule has 4 fully saturated rings. The number of aromatic nitrogens is 2. The molecule has 10 rings (SSSR count). The summed E-state index contributed by atoms with van der Waals surface area (Å²) in [6.45, 7) is 16.3. The number of carbonyl (C=O) groups is 2. The van der Waals surface area contributed by atoms with Gasteiger partial charge in [0, 0.05) is 160 Å². The Morgan fingerprint density at radius 3 is 1.62 bits per heavy atom. The van der Waals surface area contributed by atoms with E-state index in [0.29, 0.717) is 75.5 Å². The van der Waals surface area contributed by atoms with Crippen LogP contribution in [0, 0.1) is 13.8 Å². The number of halogens is 4. The van der Waals surface area contributed by atoms with E-state index in [1.54, 1.807) is 43.4 Å². The number of aromatic amines is 2. The summed E-state index contributed by atoms with van der Waals surface area (Å²) in [7, 11) is 3.35. The van der Waals surface area contributed by atoms with Crippen LogP contribution in [0.5, 0.6) is 11.5 Å². The van der Waals surface area contributed by atoms with Crippen LogP contribution >= 0.6 is 0 Å². The van der Waals surface area contributed by atoms with Crippen LogP contribution in [0.25, 0.3) is 21.8 Å². The summed E-state index contributed by atoms with van der Waals surface area (Å²) in [6, 6.07) is 20.7. The second-order valence-electron chi connectivity index (χ2n) is 20.4. The summed E-state index contributed by atoms with van der Waals surface area (Å²) in [5.74, 6) is -0.216. The number of ether oxygens (including phenoxy) is 4. The van der Waals surface area contributed by atoms with Crippen molar-refractivity contribution in [1.29, 1.82) is 0 Å². The standard InChI is InChI=1S/C29H36F2N4O4.C17H23F2N3O.C12H15NO3.C2H6/c1-18-13-26(38-2)23(21-5-8-32-28(18)21)15-35-10-9-34(17-27(30)31)16-25(35)19-3-4-22(29(36)37)24(14-19)33-20-6-11-39-12-7-20;1-12-9-15(23-2)14(13-3-4-20-17(12)13)10-21-5-7-22(8-6-21)11-16(18)19;14-12(15)10-3-1-2-4-11(10)13-9-5-7-16-8-6-9;1-2/h3-5,8,13-14,20,25,27,32-33H,6-7,9-12,15-17H2,1-2H3,(H,36,37);3-4,9,16,20H,5-8,10-11H2,1-2H3;1-4,9,13H,5-8H2,(H,14,15);1-2H3. The van der Waals surface area contributed by atoms with E-state index < -0.39 is 24.8 Å². The molecule has 2 aromatic heterocycles. The predicted molar refractivity (Wildman–Crippen MR) is 306 cm³/mol. The number of fused-ring (bicyclic) bond motifs is 2. The largest absolute Gasteiger partial charge is 0.496 e. The monoisotopic (exact) mass is 1120 g/mol. The SMILES string of the molecule is CC.COc1cc(C)c2[nH]ccc2c1CN1CCN(CC(F)F)CC1.COc1cc(C)c2[nH]ccc2c1CN1CCN(CC(F)F)CC1c1ccc(C(=O)O)c(NC2CCOCC2)c1.O=C(O)c1ccccc1NC1CCOCC1. The fourth-order valence-electron chi connectivity index (χ4n) is 11.1. The zero-order valence-electron chi connectivity index (χ0n) is 47.0. The van der Waals surface area contributed by atoms with Crippen molar-refractivity contribution in [2.24, 2.45) is 0 Å². The van der Waals surface area contributed by atoms with Crippen molar-refractivity contribution in [3.8, 4) is 11.5 Å². The van der Waals surface area contributed by atoms with Crippen molar-refractivity contribution in [1.82, 2.24) is 29.6 Å². The van der Waals surface area contributed by atoms with E-state index in [1.807, 2.05) is 68.4 Å². The smallest absolute Gasteiger partial charge is 0.337 e. The van der Waals surface area contributed by atoms with Gasteiger partial charge in [0.15, 0.2) is 0 Å². The number of anilines is 2. The fraction of sp³-hybridized carbons (Fsp3) is 0.500. The van der Waals surface area contributed by atoms with E-state index in [9.17, 15) is 32.3 Å². The number of hydrogen-bond donors (Lipinski definition) is 6. The van der Waals surface area contributed by atoms with Gasteiger partial charge in [-0.1, -0.05) is 32.0 Å². The van der Waals surface area contributed by atoms with Crippen LogP contribution in [0.15, 0.2) is 79.1 Å². The normalized spacial score (nSPS) is 18.0. The number of H-pyrrole nitrogens is 2. The molecule has 0 radical (unpaired) electrons. The molecular weight excluding hydrogens is 1040 g/mol. The lowest BCUT2D eigenvalue weighted by atomic mass is 9.97. The minimum atomic E-state index is -2.42. The maximum atomic E-state index is 13.4. The van der Waals surface area contributed by atoms with E-state index in [1.165, 1.54) is 5.39 Å². The van der Waals surface area contributed by atoms with Gasteiger partial charge >= 0.3 is 11.9 Å². The lowest BCUT2D eigenvalue weighted by Gasteiger charge is -2.42. The van der Waals surface area contributed by atoms with Crippen molar-refractivity contribution >= 4 is 45.1 Å². The molecule has 0 spiro atoms. The lowest BCUT2D eigenvalue weighted by molar-refractivity contribution is 0.0245. The second kappa shape index (κ2) is 29.9. The Balaban J connectivity index is 0.000000190. The highest BCUT2D eigenvalue weighted by molar-refractivity contribution is 5.95. The molecule has 6 N–H and O–H groups in total. The third kappa shape index (κ3) is 16.2. The second-order valence-corrected chi connectivity index (χ2v) is 20.4. The van der Waals surface area contributed by atoms with Gasteiger partial charge in [-0.15, -0.1) is 0 Å². The highest BCUT2D eigenvalue weighted by atomic mass is 19.3. The van der Waals surface area contributed by atoms with Gasteiger partial charge in [0.2, 0.25) is 0 Å². The van der Waals surface area contributed by atoms with Gasteiger partial charge in [-0.25, -0.2) is 27.2 Å². The maximum absolute atomic E-state index is 13.4. The molecular formula is C60H80F4N8O8. The minimum Gasteiger partial charge on any atom is -0.496 e. The fourth-order valence-corrected chi connectivity index (χ4v) is 11.1. The molecule has 0 amide bonds. The molecule has 16 nitrogen and oxygen atoms in total. The van der Waals surface area contributed by atoms with Gasteiger partial charge in [-0.3, -0.25) is 19.6 Å². The van der Waals surface area contributed by atoms with Gasteiger partial charge in [0.05, 0.1) is 38.4 Å². The Bertz CT molecular complexity index is 2920. The molecule has 1 unspecified atom stereocenters. The molecule has 0 saturated carbocycles. The first kappa shape index (κ1) is 61.2. The van der Waals surface area contributed by atoms with Crippen LogP contribution in [-0.2, 0) is 22.6 Å². The summed E-state index contributed by atoms with van der Waals surface area (Å²) in [4.78, 5) is 37.9. The summed E-state index contributed by atoms with van der Waals surface area (Å²) in [5, 5.41) is 27.8. The number of rotatable bonds is 17. The number of nitrogens with one attached hydrogen (secondary N) is 4. The maximum Gasteiger partial charge on any atom is 0.337 e. The van der Waals surface area contributed by atoms with Crippen LogP contribution in [0.1, 0.15) is 94.1 Å². The summed E-state index contributed by atoms with van der Waals surface area (Å²) in [6.07, 6.45) is 2.62. The number of benzene rings is 4. The first-order chi connectivity index (χ1) is 38.7. The molecule has 4 aromatic carbocycles. The van der Waals surface area contributed by atoms with E-state index in [-0.39, 0.29) is 30.7 Å². The van der Waals surface area contributed by atoms with Crippen molar-refractivity contribution in [2.45, 2.75) is 97.4 Å². The van der Waals surface area contributed by atoms with Crippen LogP contribution < -0.4 is 20.1 Å². The van der Waals surface area contributed by atoms with E-state index in [0.717, 1.165) is 114 Å². The van der Waals surface area contributed by atoms with Crippen molar-refractivity contribution in [3.63, 3.8) is 0 Å². The van der Waals surface area contributed by atoms with Crippen LogP contribution in [0.4, 0.5) is 28.9 Å². The quantitative estimate of drug-likeness (QED) is 0.0475. The first-order valence-electron chi connectivity index (χ1n) is 27.8. The molecule has 80 heavy (non-hydrogen) atoms. The highest BCUT2D eigenvalue weighted by Crippen LogP contribution is 2.37. The topological polar surface area (TPSA) is 180 Å². The molecule has 0 bridgehead atoms. The number of piperazine rings is 2. The van der Waals surface area contributed by atoms with Gasteiger partial charge in [-0.2, -0.15) is 0 Å². The molecule has 20 heteroatoms. The molecule has 4 aliphatic rings. The number of hydrogen-bond acceptors (Lipinski definition) is 12. The summed E-state index contributed by atoms with van der Waals surface area (Å²) in [5.41, 5.74) is 9.30. The number of methoxy groups -OCH3 is 2. The lowest BCUT2D eigenvalue weighted by Crippen LogP contribution is -2.49. The Hall–Kier alpha value is -6.42. The Labute approximate surface area is 466 Å². The third-order valence-corrected chi connectivity index (χ3v) is 15.2. The highest BCUT2D eigenvalue weighted by Gasteiger charge is 2.32. The average Bonchev–Trinajstić information content (AvgIpc) is 4.19. The molecule has 0 aliphatic carbocycles. The number of aromatic carboxylic acids is 2. The van der Waals surface area contributed by atoms with E-state index in [2.05, 4.69) is 49.5 Å². The third-order valence-electron chi connectivity index (χ3n) is 15.2. The Morgan fingerprint density at radius 1 is 0.625 bits per heavy atom. The van der Waals surface area contributed by atoms with Gasteiger partial charge < -0.3 is 49.8 Å². The number of aryl methyl sites for hydroxylation is 2. The number of carboxylic acids is 2. The average molecular weight is 1120 g/mol. The van der Waals surface area contributed by atoms with Gasteiger partial charge in [0.25, 0.3) is 12.9 Å². The van der Waals surface area contributed by atoms with Gasteiger partial charge in [-0.05, 0) is 105 Å². The molecule has 4 aliphatic heterocycles. The molecule has 436 valence electrons. The van der Waals surface area contributed by atoms with Crippen LogP contribution in [0.3, 0.4) is 0 Å². The van der Waals surface area contributed by atoms with E-state index >= 15 is 0 Å². The zero-order chi connectivity index (χ0) is 57.3. The Morgan fingerprint density at radius 2 is 1.10 bits per heavy atom. The van der Waals surface area contributed by atoms with Crippen molar-refractivity contribution < 1.29 is 56.3 Å². The Kier molecular flexibility index (Phi) is 22.9. The van der Waals surface area contributed by atoms with E-state index in [4.69, 9.17) is 24.1 Å². The molecule has 1 atom stereocenters. The van der Waals surface area contributed by atoms with Crippen molar-refractivity contribution in [2.75, 3.05) is 110 Å². The molecule has 6 aromatic rings. The zero-order valence-corrected chi connectivity index (χ0v) is 47.0. The summed E-state index contributed by atoms with van der Waals surface area (Å²) < 4.78 is 73.7. The first-order valence-corrected chi connectivity index (χ1v) is 27.8. The van der Waals surface area contributed by atoms with Crippen LogP contribution in [-0.4, -0.2) is 176 Å². The summed E-state index contributed by atoms with van der Waals surface area (Å²) >= 11 is 0. The molecule has 6 heterocycles. The number of nitrogens with zero attached hydrogens (tertiary/aromatic N) is 4. The molecule has 4 saturated heterocycles. The number of para-hydroxylation sites is 1. The van der Waals surface area contributed by atoms with Crippen molar-refractivity contribution in [3.05, 3.63) is 118 Å². The van der Waals surface area contributed by atoms with Gasteiger partial charge in [0.1, 0.15) is 11.5 Å². The minimum absolute atomic E-state index is 0.114. The predicted octanol–water partition coefficient (Wildman–Crippen LogP) is 10.8. The number of carboxylic acid groups (broad SMARTS) is 2. The number of alkyl halides is 4. The van der Waals surface area contributed by atoms with Crippen LogP contribution in [0.2, 0.25) is 0 Å².